The Morgan fingerprint density at radius 2 is 2.08 bits per heavy atom. The molecule has 1 saturated heterocycles. The highest BCUT2D eigenvalue weighted by molar-refractivity contribution is 5.61. The molecule has 3 unspecified atom stereocenters. The van der Waals surface area contributed by atoms with E-state index in [1.807, 2.05) is 6.07 Å². The first kappa shape index (κ1) is 15.9. The second-order valence-electron chi connectivity index (χ2n) is 7.78. The van der Waals surface area contributed by atoms with E-state index in [9.17, 15) is 0 Å². The maximum atomic E-state index is 6.65. The molecule has 25 heavy (non-hydrogen) atoms. The number of methoxy groups -OCH3 is 1. The maximum Gasteiger partial charge on any atom is 0.206 e. The summed E-state index contributed by atoms with van der Waals surface area (Å²) in [6, 6.07) is 4.72. The molecule has 0 bridgehead atoms. The third-order valence-corrected chi connectivity index (χ3v) is 7.12. The standard InChI is InChI=1S/C20H27NO4/c1-4-19-13-7-8-20(23-9-10-24-20)18(19)25-17-15(22-3)6-5-12(16(17)19)11-14(13)21-2/h5-6,13-14,18,21H,4,7-11H2,1-3H3/t13?,14?,18?,19-/m1/s1. The second-order valence-corrected chi connectivity index (χ2v) is 7.78. The average Bonchev–Trinajstić information content (AvgIpc) is 3.26. The van der Waals surface area contributed by atoms with Gasteiger partial charge in [0.2, 0.25) is 5.79 Å². The quantitative estimate of drug-likeness (QED) is 0.912. The van der Waals surface area contributed by atoms with Crippen molar-refractivity contribution in [2.75, 3.05) is 27.4 Å². The largest absolute Gasteiger partial charge is 0.493 e. The molecule has 1 spiro atoms. The van der Waals surface area contributed by atoms with Gasteiger partial charge in [0.25, 0.3) is 0 Å². The van der Waals surface area contributed by atoms with E-state index in [-0.39, 0.29) is 11.5 Å². The van der Waals surface area contributed by atoms with Crippen molar-refractivity contribution in [2.24, 2.45) is 5.92 Å². The normalized spacial score (nSPS) is 37.0. The summed E-state index contributed by atoms with van der Waals surface area (Å²) in [5.41, 5.74) is 2.66. The molecule has 2 heterocycles. The number of likely N-dealkylation sites (N-methyl/N-ethyl adjacent to an activating group) is 1. The highest BCUT2D eigenvalue weighted by atomic mass is 16.8. The van der Waals surface area contributed by atoms with E-state index in [2.05, 4.69) is 25.4 Å². The van der Waals surface area contributed by atoms with Gasteiger partial charge < -0.3 is 24.3 Å². The van der Waals surface area contributed by atoms with E-state index < -0.39 is 5.79 Å². The van der Waals surface area contributed by atoms with Gasteiger partial charge in [0.15, 0.2) is 17.6 Å². The van der Waals surface area contributed by atoms with Gasteiger partial charge in [0.05, 0.1) is 20.3 Å². The van der Waals surface area contributed by atoms with E-state index >= 15 is 0 Å². The number of benzene rings is 1. The average molecular weight is 345 g/mol. The van der Waals surface area contributed by atoms with Crippen LogP contribution >= 0.6 is 0 Å². The minimum absolute atomic E-state index is 0.0757. The van der Waals surface area contributed by atoms with Gasteiger partial charge in [-0.2, -0.15) is 0 Å². The van der Waals surface area contributed by atoms with Crippen LogP contribution in [0.25, 0.3) is 0 Å². The number of hydrogen-bond acceptors (Lipinski definition) is 5. The van der Waals surface area contributed by atoms with Gasteiger partial charge in [0, 0.05) is 23.4 Å². The summed E-state index contributed by atoms with van der Waals surface area (Å²) in [6.45, 7) is 3.59. The molecule has 1 N–H and O–H groups in total. The van der Waals surface area contributed by atoms with Gasteiger partial charge in [-0.15, -0.1) is 0 Å². The molecule has 1 aromatic carbocycles. The number of ether oxygens (including phenoxy) is 4. The molecule has 1 aromatic rings. The highest BCUT2D eigenvalue weighted by Gasteiger charge is 2.69. The summed E-state index contributed by atoms with van der Waals surface area (Å²) in [7, 11) is 3.80. The Labute approximate surface area is 149 Å². The Bertz CT molecular complexity index is 699. The zero-order valence-corrected chi connectivity index (χ0v) is 15.3. The second kappa shape index (κ2) is 5.35. The van der Waals surface area contributed by atoms with Crippen LogP contribution in [-0.2, 0) is 21.3 Å². The Morgan fingerprint density at radius 1 is 1.28 bits per heavy atom. The fourth-order valence-electron chi connectivity index (χ4n) is 6.16. The van der Waals surface area contributed by atoms with E-state index in [0.29, 0.717) is 25.2 Å². The first-order valence-electron chi connectivity index (χ1n) is 9.52. The maximum absolute atomic E-state index is 6.65. The molecule has 2 aliphatic heterocycles. The van der Waals surface area contributed by atoms with E-state index in [1.54, 1.807) is 7.11 Å². The van der Waals surface area contributed by atoms with Crippen LogP contribution in [0.5, 0.6) is 11.5 Å². The summed E-state index contributed by atoms with van der Waals surface area (Å²) in [5.74, 6) is 1.66. The smallest absolute Gasteiger partial charge is 0.206 e. The van der Waals surface area contributed by atoms with Gasteiger partial charge in [-0.05, 0) is 43.9 Å². The summed E-state index contributed by atoms with van der Waals surface area (Å²) >= 11 is 0. The van der Waals surface area contributed by atoms with Crippen molar-refractivity contribution < 1.29 is 18.9 Å². The van der Waals surface area contributed by atoms with Crippen LogP contribution in [0.1, 0.15) is 37.3 Å². The number of rotatable bonds is 3. The molecule has 4 aliphatic rings. The molecule has 2 fully saturated rings. The molecule has 4 atom stereocenters. The van der Waals surface area contributed by atoms with Crippen LogP contribution in [0, 0.1) is 5.92 Å². The van der Waals surface area contributed by atoms with Crippen molar-refractivity contribution in [3.63, 3.8) is 0 Å². The van der Waals surface area contributed by atoms with Crippen molar-refractivity contribution in [2.45, 2.75) is 56.0 Å². The van der Waals surface area contributed by atoms with Gasteiger partial charge >= 0.3 is 0 Å². The molecule has 0 amide bonds. The fourth-order valence-corrected chi connectivity index (χ4v) is 6.16. The summed E-state index contributed by atoms with van der Waals surface area (Å²) < 4.78 is 24.7. The van der Waals surface area contributed by atoms with Crippen LogP contribution < -0.4 is 14.8 Å². The molecule has 136 valence electrons. The predicted octanol–water partition coefficient (Wildman–Crippen LogP) is 2.40. The zero-order chi connectivity index (χ0) is 17.2. The van der Waals surface area contributed by atoms with Crippen LogP contribution in [0.4, 0.5) is 0 Å². The molecule has 5 heteroatoms. The van der Waals surface area contributed by atoms with E-state index in [0.717, 1.165) is 37.2 Å². The Hall–Kier alpha value is -1.30. The molecule has 2 aliphatic carbocycles. The van der Waals surface area contributed by atoms with Gasteiger partial charge in [-0.25, -0.2) is 0 Å². The number of fused-ring (bicyclic) bond motifs is 1. The van der Waals surface area contributed by atoms with E-state index in [4.69, 9.17) is 18.9 Å². The van der Waals surface area contributed by atoms with E-state index in [1.165, 1.54) is 11.1 Å². The summed E-state index contributed by atoms with van der Waals surface area (Å²) in [4.78, 5) is 0. The lowest BCUT2D eigenvalue weighted by Gasteiger charge is -2.55. The molecular formula is C20H27NO4. The van der Waals surface area contributed by atoms with Crippen molar-refractivity contribution in [1.29, 1.82) is 0 Å². The van der Waals surface area contributed by atoms with Crippen molar-refractivity contribution >= 4 is 0 Å². The highest BCUT2D eigenvalue weighted by Crippen LogP contribution is 2.64. The van der Waals surface area contributed by atoms with Crippen molar-refractivity contribution in [1.82, 2.24) is 5.32 Å². The third-order valence-electron chi connectivity index (χ3n) is 7.12. The van der Waals surface area contributed by atoms with Crippen molar-refractivity contribution in [3.8, 4) is 11.5 Å². The van der Waals surface area contributed by atoms with Crippen molar-refractivity contribution in [3.05, 3.63) is 23.3 Å². The number of hydrogen-bond donors (Lipinski definition) is 1. The van der Waals surface area contributed by atoms with Crippen LogP contribution in [-0.4, -0.2) is 45.3 Å². The van der Waals surface area contributed by atoms with Crippen LogP contribution in [0.15, 0.2) is 12.1 Å². The zero-order valence-electron chi connectivity index (χ0n) is 15.3. The Morgan fingerprint density at radius 3 is 2.76 bits per heavy atom. The first-order valence-corrected chi connectivity index (χ1v) is 9.52. The Kier molecular flexibility index (Phi) is 3.41. The predicted molar refractivity (Wildman–Crippen MR) is 93.3 cm³/mol. The monoisotopic (exact) mass is 345 g/mol. The van der Waals surface area contributed by atoms with Gasteiger partial charge in [-0.3, -0.25) is 0 Å². The Balaban J connectivity index is 1.76. The van der Waals surface area contributed by atoms with Gasteiger partial charge in [-0.1, -0.05) is 13.0 Å². The first-order chi connectivity index (χ1) is 12.2. The molecule has 5 rings (SSSR count). The fraction of sp³-hybridized carbons (Fsp3) is 0.700. The summed E-state index contributed by atoms with van der Waals surface area (Å²) in [6.07, 6.45) is 3.94. The van der Waals surface area contributed by atoms with Gasteiger partial charge in [0.1, 0.15) is 0 Å². The molecule has 5 nitrogen and oxygen atoms in total. The lowest BCUT2D eigenvalue weighted by molar-refractivity contribution is -0.253. The van der Waals surface area contributed by atoms with Crippen LogP contribution in [0.2, 0.25) is 0 Å². The minimum Gasteiger partial charge on any atom is -0.493 e. The molecule has 0 radical (unpaired) electrons. The topological polar surface area (TPSA) is 49.0 Å². The lowest BCUT2D eigenvalue weighted by Crippen LogP contribution is -2.66. The molecular weight excluding hydrogens is 318 g/mol. The molecule has 0 aromatic heterocycles. The summed E-state index contributed by atoms with van der Waals surface area (Å²) in [5, 5.41) is 3.59. The number of nitrogens with one attached hydrogen (secondary N) is 1. The minimum atomic E-state index is -0.608. The SMILES string of the molecule is CC[C@@]12c3c4ccc(OC)c3OC1C1(CCC2C(NC)C4)OCCO1. The third kappa shape index (κ3) is 1.79. The van der Waals surface area contributed by atoms with Crippen LogP contribution in [0.3, 0.4) is 0 Å². The lowest BCUT2D eigenvalue weighted by atomic mass is 9.52. The molecule has 1 saturated carbocycles.